The Kier molecular flexibility index (Phi) is 5.25. The molecule has 0 aliphatic carbocycles. The van der Waals surface area contributed by atoms with Crippen LogP contribution in [0.25, 0.3) is 0 Å². The fourth-order valence-corrected chi connectivity index (χ4v) is 3.58. The van der Waals surface area contributed by atoms with Gasteiger partial charge in [0.2, 0.25) is 0 Å². The lowest BCUT2D eigenvalue weighted by Gasteiger charge is -2.25. The average molecular weight is 311 g/mol. The van der Waals surface area contributed by atoms with Crippen molar-refractivity contribution in [2.24, 2.45) is 5.41 Å². The summed E-state index contributed by atoms with van der Waals surface area (Å²) >= 11 is 12.4. The third-order valence-electron chi connectivity index (χ3n) is 4.00. The number of allylic oxidation sites excluding steroid dienone is 2. The van der Waals surface area contributed by atoms with Gasteiger partial charge in [0.15, 0.2) is 0 Å². The number of nitrogens with zero attached hydrogens (tertiary/aromatic N) is 1. The van der Waals surface area contributed by atoms with Crippen molar-refractivity contribution in [2.45, 2.75) is 31.7 Å². The molecule has 2 heterocycles. The summed E-state index contributed by atoms with van der Waals surface area (Å²) in [4.78, 5) is 4.00. The topological polar surface area (TPSA) is 24.9 Å². The van der Waals surface area contributed by atoms with Crippen LogP contribution in [0.3, 0.4) is 0 Å². The second-order valence-corrected chi connectivity index (χ2v) is 6.37. The molecule has 1 aromatic heterocycles. The lowest BCUT2D eigenvalue weighted by atomic mass is 9.78. The van der Waals surface area contributed by atoms with Gasteiger partial charge in [-0.3, -0.25) is 4.98 Å². The third-order valence-corrected chi connectivity index (χ3v) is 4.65. The molecule has 0 saturated carbocycles. The average Bonchev–Trinajstić information content (AvgIpc) is 2.78. The lowest BCUT2D eigenvalue weighted by Crippen LogP contribution is -2.24. The molecule has 1 aliphatic rings. The highest BCUT2D eigenvalue weighted by atomic mass is 35.5. The largest absolute Gasteiger partial charge is 0.313 e. The molecule has 0 bridgehead atoms. The Bertz CT molecular complexity index is 469. The molecule has 1 fully saturated rings. The highest BCUT2D eigenvalue weighted by Gasteiger charge is 2.37. The van der Waals surface area contributed by atoms with Gasteiger partial charge in [0, 0.05) is 25.0 Å². The van der Waals surface area contributed by atoms with E-state index in [-0.39, 0.29) is 5.41 Å². The third kappa shape index (κ3) is 3.43. The normalized spacial score (nSPS) is 20.8. The molecule has 1 N–H and O–H groups in total. The summed E-state index contributed by atoms with van der Waals surface area (Å²) in [7, 11) is 0. The molecule has 0 spiro atoms. The molecule has 1 aromatic rings. The van der Waals surface area contributed by atoms with E-state index >= 15 is 0 Å². The van der Waals surface area contributed by atoms with Gasteiger partial charge in [-0.1, -0.05) is 35.4 Å². The van der Waals surface area contributed by atoms with E-state index in [1.54, 1.807) is 12.4 Å². The van der Waals surface area contributed by atoms with E-state index in [1.807, 2.05) is 12.2 Å². The van der Waals surface area contributed by atoms with E-state index in [2.05, 4.69) is 23.5 Å². The number of rotatable bonds is 6. The minimum absolute atomic E-state index is 0.236. The standard InChI is InChI=1S/C16H20Cl2N2/c1-3-5-16(6-4-2)8-12(20-11-16)7-13-14(17)9-19-10-15(13)18/h3-4,9-10,12,20H,1-2,5-8,11H2. The predicted octanol–water partition coefficient (Wildman–Crippen LogP) is 4.43. The molecule has 108 valence electrons. The molecule has 2 rings (SSSR count). The van der Waals surface area contributed by atoms with Crippen molar-refractivity contribution in [2.75, 3.05) is 6.54 Å². The second kappa shape index (κ2) is 6.75. The molecule has 2 nitrogen and oxygen atoms in total. The molecule has 1 aliphatic heterocycles. The van der Waals surface area contributed by atoms with Gasteiger partial charge in [-0.2, -0.15) is 0 Å². The Morgan fingerprint density at radius 1 is 1.25 bits per heavy atom. The summed E-state index contributed by atoms with van der Waals surface area (Å²) in [6, 6.07) is 0.382. The first-order valence-electron chi connectivity index (χ1n) is 6.83. The van der Waals surface area contributed by atoms with Gasteiger partial charge in [-0.15, -0.1) is 13.2 Å². The molecule has 0 amide bonds. The molecule has 1 saturated heterocycles. The van der Waals surface area contributed by atoms with Crippen LogP contribution in [-0.4, -0.2) is 17.6 Å². The Balaban J connectivity index is 2.09. The molecule has 0 aromatic carbocycles. The monoisotopic (exact) mass is 310 g/mol. The SMILES string of the molecule is C=CCC1(CC=C)CNC(Cc2c(Cl)cncc2Cl)C1. The summed E-state index contributed by atoms with van der Waals surface area (Å²) in [5.41, 5.74) is 1.22. The summed E-state index contributed by atoms with van der Waals surface area (Å²) in [6.07, 6.45) is 11.2. The maximum atomic E-state index is 6.19. The van der Waals surface area contributed by atoms with Crippen molar-refractivity contribution in [3.8, 4) is 0 Å². The minimum Gasteiger partial charge on any atom is -0.313 e. The maximum Gasteiger partial charge on any atom is 0.0636 e. The van der Waals surface area contributed by atoms with E-state index in [0.717, 1.165) is 37.8 Å². The minimum atomic E-state index is 0.236. The maximum absolute atomic E-state index is 6.19. The highest BCUT2D eigenvalue weighted by Crippen LogP contribution is 2.38. The quantitative estimate of drug-likeness (QED) is 0.786. The van der Waals surface area contributed by atoms with Crippen LogP contribution in [0.1, 0.15) is 24.8 Å². The van der Waals surface area contributed by atoms with Crippen LogP contribution in [0.5, 0.6) is 0 Å². The highest BCUT2D eigenvalue weighted by molar-refractivity contribution is 6.35. The molecule has 20 heavy (non-hydrogen) atoms. The van der Waals surface area contributed by atoms with Gasteiger partial charge in [-0.05, 0) is 36.7 Å². The zero-order valence-electron chi connectivity index (χ0n) is 11.5. The Morgan fingerprint density at radius 2 is 1.85 bits per heavy atom. The second-order valence-electron chi connectivity index (χ2n) is 5.55. The van der Waals surface area contributed by atoms with Gasteiger partial charge in [0.05, 0.1) is 10.0 Å². The fourth-order valence-electron chi connectivity index (χ4n) is 3.06. The summed E-state index contributed by atoms with van der Waals surface area (Å²) in [6.45, 7) is 8.73. The Morgan fingerprint density at radius 3 is 2.40 bits per heavy atom. The number of nitrogens with one attached hydrogen (secondary N) is 1. The van der Waals surface area contributed by atoms with Gasteiger partial charge < -0.3 is 5.32 Å². The molecule has 4 heteroatoms. The lowest BCUT2D eigenvalue weighted by molar-refractivity contribution is 0.324. The van der Waals surface area contributed by atoms with E-state index in [4.69, 9.17) is 23.2 Å². The summed E-state index contributed by atoms with van der Waals surface area (Å²) in [5, 5.41) is 4.87. The summed E-state index contributed by atoms with van der Waals surface area (Å²) in [5.74, 6) is 0. The van der Waals surface area contributed by atoms with Crippen molar-refractivity contribution in [3.05, 3.63) is 53.3 Å². The number of hydrogen-bond acceptors (Lipinski definition) is 2. The molecular weight excluding hydrogens is 291 g/mol. The summed E-state index contributed by atoms with van der Waals surface area (Å²) < 4.78 is 0. The van der Waals surface area contributed by atoms with Crippen molar-refractivity contribution in [1.82, 2.24) is 10.3 Å². The molecule has 1 atom stereocenters. The van der Waals surface area contributed by atoms with Crippen LogP contribution >= 0.6 is 23.2 Å². The number of halogens is 2. The Hall–Kier alpha value is -0.830. The van der Waals surface area contributed by atoms with Crippen LogP contribution < -0.4 is 5.32 Å². The number of hydrogen-bond donors (Lipinski definition) is 1. The molecular formula is C16H20Cl2N2. The van der Waals surface area contributed by atoms with Crippen LogP contribution in [0.2, 0.25) is 10.0 Å². The van der Waals surface area contributed by atoms with Crippen molar-refractivity contribution < 1.29 is 0 Å². The smallest absolute Gasteiger partial charge is 0.0636 e. The van der Waals surface area contributed by atoms with Gasteiger partial charge in [-0.25, -0.2) is 0 Å². The van der Waals surface area contributed by atoms with Crippen molar-refractivity contribution >= 4 is 23.2 Å². The number of aromatic nitrogens is 1. The first-order valence-corrected chi connectivity index (χ1v) is 7.59. The van der Waals surface area contributed by atoms with E-state index < -0.39 is 0 Å². The Labute approximate surface area is 130 Å². The zero-order valence-corrected chi connectivity index (χ0v) is 13.1. The first-order chi connectivity index (χ1) is 9.60. The van der Waals surface area contributed by atoms with Crippen LogP contribution in [0.15, 0.2) is 37.7 Å². The van der Waals surface area contributed by atoms with Gasteiger partial charge >= 0.3 is 0 Å². The van der Waals surface area contributed by atoms with E-state index in [9.17, 15) is 0 Å². The van der Waals surface area contributed by atoms with Crippen LogP contribution in [0, 0.1) is 5.41 Å². The first kappa shape index (κ1) is 15.6. The fraction of sp³-hybridized carbons (Fsp3) is 0.438. The van der Waals surface area contributed by atoms with Crippen LogP contribution in [0.4, 0.5) is 0 Å². The number of pyridine rings is 1. The van der Waals surface area contributed by atoms with E-state index in [1.165, 1.54) is 0 Å². The van der Waals surface area contributed by atoms with Crippen molar-refractivity contribution in [1.29, 1.82) is 0 Å². The van der Waals surface area contributed by atoms with Crippen LogP contribution in [-0.2, 0) is 6.42 Å². The zero-order chi connectivity index (χ0) is 14.6. The molecule has 1 unspecified atom stereocenters. The van der Waals surface area contributed by atoms with E-state index in [0.29, 0.717) is 16.1 Å². The molecule has 0 radical (unpaired) electrons. The van der Waals surface area contributed by atoms with Crippen molar-refractivity contribution in [3.63, 3.8) is 0 Å². The van der Waals surface area contributed by atoms with Gasteiger partial charge in [0.1, 0.15) is 0 Å². The van der Waals surface area contributed by atoms with Gasteiger partial charge in [0.25, 0.3) is 0 Å². The predicted molar refractivity (Wildman–Crippen MR) is 86.4 cm³/mol.